The minimum atomic E-state index is -4.63. The summed E-state index contributed by atoms with van der Waals surface area (Å²) in [7, 11) is 1.68. The summed E-state index contributed by atoms with van der Waals surface area (Å²) in [6, 6.07) is 6.23. The zero-order valence-corrected chi connectivity index (χ0v) is 23.8. The standard InChI is InChI=1S/C26H24Cl3F6N5O/c1-39-19-10-18(40-8-2-3-14(12-40)25(30,31)32)16(28)9-17(19)37-23(39)38-21-15(27)5-4-13(20(21)29)11-36-22(41)24(6-7-24)26(33,34)35/h4-5,9-10,14H,2-3,6-8,11-12H2,1H3,(H,36,41)(H,37,38). The maximum absolute atomic E-state index is 13.4. The second-order valence-electron chi connectivity index (χ2n) is 10.4. The van der Waals surface area contributed by atoms with E-state index >= 15 is 0 Å². The topological polar surface area (TPSA) is 62.2 Å². The first kappa shape index (κ1) is 29.9. The predicted octanol–water partition coefficient (Wildman–Crippen LogP) is 8.01. The van der Waals surface area contributed by atoms with E-state index in [0.29, 0.717) is 35.2 Å². The van der Waals surface area contributed by atoms with E-state index in [-0.39, 0.29) is 59.1 Å². The van der Waals surface area contributed by atoms with Crippen molar-refractivity contribution in [1.82, 2.24) is 14.9 Å². The van der Waals surface area contributed by atoms with Crippen molar-refractivity contribution >= 4 is 69.1 Å². The van der Waals surface area contributed by atoms with Gasteiger partial charge in [-0.25, -0.2) is 4.98 Å². The lowest BCUT2D eigenvalue weighted by atomic mass is 9.97. The SMILES string of the molecule is Cn1c(Nc2c(Cl)ccc(CNC(=O)C3(C(F)(F)F)CC3)c2Cl)nc2cc(Cl)c(N3CCCC(C(F)(F)F)C3)cc21. The first-order valence-electron chi connectivity index (χ1n) is 12.7. The van der Waals surface area contributed by atoms with Gasteiger partial charge in [0, 0.05) is 26.7 Å². The van der Waals surface area contributed by atoms with E-state index in [1.165, 1.54) is 12.1 Å². The quantitative estimate of drug-likeness (QED) is 0.268. The first-order chi connectivity index (χ1) is 19.1. The molecule has 0 spiro atoms. The zero-order chi connectivity index (χ0) is 29.9. The Morgan fingerprint density at radius 2 is 1.80 bits per heavy atom. The van der Waals surface area contributed by atoms with Crippen LogP contribution in [0, 0.1) is 11.3 Å². The molecular formula is C26H24Cl3F6N5O. The molecule has 15 heteroatoms. The molecule has 0 radical (unpaired) electrons. The van der Waals surface area contributed by atoms with Gasteiger partial charge in [-0.2, -0.15) is 26.3 Å². The van der Waals surface area contributed by atoms with E-state index in [2.05, 4.69) is 15.6 Å². The highest BCUT2D eigenvalue weighted by atomic mass is 35.5. The number of alkyl halides is 6. The molecule has 5 rings (SSSR count). The number of imidazole rings is 1. The van der Waals surface area contributed by atoms with Crippen LogP contribution in [0.4, 0.5) is 43.7 Å². The number of nitrogens with one attached hydrogen (secondary N) is 2. The minimum absolute atomic E-state index is 0.0626. The Hall–Kier alpha value is -2.57. The molecule has 1 amide bonds. The van der Waals surface area contributed by atoms with Crippen molar-refractivity contribution in [3.63, 3.8) is 0 Å². The van der Waals surface area contributed by atoms with Crippen LogP contribution in [0.2, 0.25) is 15.1 Å². The minimum Gasteiger partial charge on any atom is -0.370 e. The molecule has 2 N–H and O–H groups in total. The third-order valence-electron chi connectivity index (χ3n) is 7.75. The number of hydrogen-bond acceptors (Lipinski definition) is 4. The van der Waals surface area contributed by atoms with Crippen molar-refractivity contribution in [3.8, 4) is 0 Å². The van der Waals surface area contributed by atoms with Crippen molar-refractivity contribution in [2.24, 2.45) is 18.4 Å². The number of nitrogens with zero attached hydrogens (tertiary/aromatic N) is 3. The summed E-state index contributed by atoms with van der Waals surface area (Å²) in [5, 5.41) is 5.87. The molecule has 1 saturated carbocycles. The number of amides is 1. The molecule has 2 aliphatic rings. The van der Waals surface area contributed by atoms with Crippen LogP contribution in [0.3, 0.4) is 0 Å². The molecule has 6 nitrogen and oxygen atoms in total. The summed E-state index contributed by atoms with van der Waals surface area (Å²) in [5.41, 5.74) is -0.306. The van der Waals surface area contributed by atoms with Gasteiger partial charge < -0.3 is 20.1 Å². The van der Waals surface area contributed by atoms with E-state index in [4.69, 9.17) is 34.8 Å². The largest absolute Gasteiger partial charge is 0.403 e. The molecule has 1 aliphatic heterocycles. The maximum Gasteiger partial charge on any atom is 0.403 e. The molecule has 0 bridgehead atoms. The van der Waals surface area contributed by atoms with Gasteiger partial charge in [0.2, 0.25) is 11.9 Å². The summed E-state index contributed by atoms with van der Waals surface area (Å²) in [5.74, 6) is -2.28. The number of carbonyl (C=O) groups is 1. The molecule has 2 heterocycles. The van der Waals surface area contributed by atoms with Crippen molar-refractivity contribution < 1.29 is 31.1 Å². The summed E-state index contributed by atoms with van der Waals surface area (Å²) >= 11 is 19.4. The number of piperidine rings is 1. The molecule has 1 saturated heterocycles. The van der Waals surface area contributed by atoms with E-state index in [1.54, 1.807) is 28.6 Å². The van der Waals surface area contributed by atoms with Crippen LogP contribution >= 0.6 is 34.8 Å². The van der Waals surface area contributed by atoms with Crippen molar-refractivity contribution in [2.45, 2.75) is 44.6 Å². The van der Waals surface area contributed by atoms with E-state index in [9.17, 15) is 31.1 Å². The van der Waals surface area contributed by atoms with Crippen LogP contribution < -0.4 is 15.5 Å². The fourth-order valence-electron chi connectivity index (χ4n) is 5.09. The average Bonchev–Trinajstić information content (AvgIpc) is 3.67. The number of anilines is 3. The van der Waals surface area contributed by atoms with Gasteiger partial charge >= 0.3 is 12.4 Å². The van der Waals surface area contributed by atoms with Crippen molar-refractivity contribution in [2.75, 3.05) is 23.3 Å². The van der Waals surface area contributed by atoms with Gasteiger partial charge in [0.15, 0.2) is 0 Å². The molecule has 2 fully saturated rings. The lowest BCUT2D eigenvalue weighted by molar-refractivity contribution is -0.192. The Morgan fingerprint density at radius 3 is 2.44 bits per heavy atom. The van der Waals surface area contributed by atoms with E-state index in [1.807, 2.05) is 0 Å². The third-order valence-corrected chi connectivity index (χ3v) is 8.80. The molecule has 1 aliphatic carbocycles. The van der Waals surface area contributed by atoms with Gasteiger partial charge in [-0.3, -0.25) is 4.79 Å². The van der Waals surface area contributed by atoms with Crippen LogP contribution in [0.15, 0.2) is 24.3 Å². The second kappa shape index (κ2) is 10.6. The third kappa shape index (κ3) is 5.62. The zero-order valence-electron chi connectivity index (χ0n) is 21.5. The number of carbonyl (C=O) groups excluding carboxylic acids is 1. The summed E-state index contributed by atoms with van der Waals surface area (Å²) in [4.78, 5) is 18.4. The molecule has 2 aromatic carbocycles. The Morgan fingerprint density at radius 1 is 1.10 bits per heavy atom. The monoisotopic (exact) mass is 641 g/mol. The van der Waals surface area contributed by atoms with Crippen LogP contribution in [0.25, 0.3) is 11.0 Å². The molecule has 1 unspecified atom stereocenters. The number of hydrogen-bond donors (Lipinski definition) is 2. The first-order valence-corrected chi connectivity index (χ1v) is 13.8. The average molecular weight is 643 g/mol. The number of aromatic nitrogens is 2. The summed E-state index contributed by atoms with van der Waals surface area (Å²) in [6.07, 6.45) is -9.02. The fraction of sp³-hybridized carbons (Fsp3) is 0.462. The highest BCUT2D eigenvalue weighted by Crippen LogP contribution is 2.57. The number of benzene rings is 2. The Balaban J connectivity index is 1.38. The van der Waals surface area contributed by atoms with Gasteiger partial charge in [-0.1, -0.05) is 40.9 Å². The Kier molecular flexibility index (Phi) is 7.74. The van der Waals surface area contributed by atoms with E-state index < -0.39 is 29.6 Å². The van der Waals surface area contributed by atoms with Crippen molar-refractivity contribution in [3.05, 3.63) is 44.9 Å². The van der Waals surface area contributed by atoms with Crippen LogP contribution in [0.5, 0.6) is 0 Å². The Bertz CT molecular complexity index is 1500. The smallest absolute Gasteiger partial charge is 0.370 e. The number of rotatable bonds is 6. The predicted molar refractivity (Wildman–Crippen MR) is 146 cm³/mol. The lowest BCUT2D eigenvalue weighted by Gasteiger charge is -2.35. The molecular weight excluding hydrogens is 619 g/mol. The second-order valence-corrected chi connectivity index (χ2v) is 11.6. The number of halogens is 9. The number of fused-ring (bicyclic) bond motifs is 1. The van der Waals surface area contributed by atoms with Gasteiger partial charge in [-0.05, 0) is 49.4 Å². The maximum atomic E-state index is 13.4. The fourth-order valence-corrected chi connectivity index (χ4v) is 5.90. The van der Waals surface area contributed by atoms with Crippen LogP contribution in [0.1, 0.15) is 31.2 Å². The molecule has 1 aromatic heterocycles. The molecule has 3 aromatic rings. The molecule has 41 heavy (non-hydrogen) atoms. The normalized spacial score (nSPS) is 19.0. The lowest BCUT2D eigenvalue weighted by Crippen LogP contribution is -2.41. The summed E-state index contributed by atoms with van der Waals surface area (Å²) < 4.78 is 81.6. The van der Waals surface area contributed by atoms with E-state index in [0.717, 1.165) is 0 Å². The van der Waals surface area contributed by atoms with Crippen molar-refractivity contribution in [1.29, 1.82) is 0 Å². The van der Waals surface area contributed by atoms with Gasteiger partial charge in [0.05, 0.1) is 43.4 Å². The van der Waals surface area contributed by atoms with Crippen LogP contribution in [-0.2, 0) is 18.4 Å². The highest BCUT2D eigenvalue weighted by Gasteiger charge is 2.68. The Labute approximate surface area is 245 Å². The van der Waals surface area contributed by atoms with Gasteiger partial charge in [-0.15, -0.1) is 0 Å². The molecule has 222 valence electrons. The van der Waals surface area contributed by atoms with Crippen LogP contribution in [-0.4, -0.2) is 40.9 Å². The highest BCUT2D eigenvalue weighted by molar-refractivity contribution is 6.39. The van der Waals surface area contributed by atoms with Gasteiger partial charge in [0.1, 0.15) is 5.41 Å². The van der Waals surface area contributed by atoms with Gasteiger partial charge in [0.25, 0.3) is 0 Å². The summed E-state index contributed by atoms with van der Waals surface area (Å²) in [6.45, 7) is -0.0205. The molecule has 1 atom stereocenters. The number of aryl methyl sites for hydroxylation is 1.